The number of anilines is 1. The number of hydrogen-bond donors (Lipinski definition) is 2. The number of carbonyl (C=O) groups excluding carboxylic acids is 2. The first-order valence-corrected chi connectivity index (χ1v) is 17.2. The van der Waals surface area contributed by atoms with Gasteiger partial charge < -0.3 is 24.4 Å². The number of nitrogens with zero attached hydrogens (tertiary/aromatic N) is 3. The quantitative estimate of drug-likeness (QED) is 0.355. The summed E-state index contributed by atoms with van der Waals surface area (Å²) in [6.45, 7) is 6.10. The minimum Gasteiger partial charge on any atom is -0.490 e. The van der Waals surface area contributed by atoms with E-state index in [1.807, 2.05) is 13.8 Å². The van der Waals surface area contributed by atoms with Gasteiger partial charge in [0.15, 0.2) is 0 Å². The van der Waals surface area contributed by atoms with Crippen LogP contribution in [0.2, 0.25) is 0 Å². The Balaban J connectivity index is 1.66. The van der Waals surface area contributed by atoms with Gasteiger partial charge >= 0.3 is 0 Å². The Morgan fingerprint density at radius 2 is 1.83 bits per heavy atom. The van der Waals surface area contributed by atoms with Crippen molar-refractivity contribution in [3.63, 3.8) is 0 Å². The molecule has 2 heterocycles. The first-order chi connectivity index (χ1) is 22.4. The summed E-state index contributed by atoms with van der Waals surface area (Å²) in [5.74, 6) is -1.22. The molecule has 1 aromatic heterocycles. The summed E-state index contributed by atoms with van der Waals surface area (Å²) < 4.78 is 54.6. The molecule has 11 nitrogen and oxygen atoms in total. The van der Waals surface area contributed by atoms with Crippen LogP contribution in [0.4, 0.5) is 10.1 Å². The van der Waals surface area contributed by atoms with Crippen molar-refractivity contribution in [3.05, 3.63) is 83.9 Å². The van der Waals surface area contributed by atoms with Gasteiger partial charge in [0.05, 0.1) is 35.3 Å². The molecule has 2 amide bonds. The topological polar surface area (TPSA) is 138 Å². The summed E-state index contributed by atoms with van der Waals surface area (Å²) in [5.41, 5.74) is 0.724. The summed E-state index contributed by atoms with van der Waals surface area (Å²) in [7, 11) is -2.40. The van der Waals surface area contributed by atoms with E-state index < -0.39 is 33.9 Å². The highest BCUT2D eigenvalue weighted by Crippen LogP contribution is 2.29. The van der Waals surface area contributed by atoms with Crippen molar-refractivity contribution in [1.29, 1.82) is 0 Å². The predicted octanol–water partition coefficient (Wildman–Crippen LogP) is 4.59. The van der Waals surface area contributed by atoms with Crippen molar-refractivity contribution in [2.24, 2.45) is 5.92 Å². The molecule has 0 saturated carbocycles. The minimum atomic E-state index is -4.10. The number of pyridine rings is 1. The first kappa shape index (κ1) is 35.8. The highest BCUT2D eigenvalue weighted by molar-refractivity contribution is 7.92. The largest absolute Gasteiger partial charge is 0.490 e. The van der Waals surface area contributed by atoms with Crippen molar-refractivity contribution in [2.75, 3.05) is 38.1 Å². The third-order valence-corrected chi connectivity index (χ3v) is 9.55. The number of fused-ring (bicyclic) bond motifs is 1. The van der Waals surface area contributed by atoms with Crippen molar-refractivity contribution in [3.8, 4) is 5.75 Å². The Labute approximate surface area is 275 Å². The molecule has 0 fully saturated rings. The monoisotopic (exact) mass is 670 g/mol. The maximum absolute atomic E-state index is 14.3. The molecule has 4 atom stereocenters. The number of halogens is 1. The summed E-state index contributed by atoms with van der Waals surface area (Å²) in [6, 6.07) is 11.6. The molecule has 47 heavy (non-hydrogen) atoms. The number of amides is 2. The second kappa shape index (κ2) is 16.2. The van der Waals surface area contributed by atoms with Crippen LogP contribution >= 0.6 is 0 Å². The Hall–Kier alpha value is -4.07. The predicted molar refractivity (Wildman–Crippen MR) is 175 cm³/mol. The number of aromatic nitrogens is 1. The number of nitrogens with one attached hydrogen (secondary N) is 1. The molecule has 0 bridgehead atoms. The fourth-order valence-corrected chi connectivity index (χ4v) is 6.39. The van der Waals surface area contributed by atoms with Crippen molar-refractivity contribution in [2.45, 2.75) is 63.2 Å². The molecule has 254 valence electrons. The third kappa shape index (κ3) is 9.49. The van der Waals surface area contributed by atoms with Gasteiger partial charge in [-0.25, -0.2) is 12.8 Å². The van der Waals surface area contributed by atoms with E-state index >= 15 is 0 Å². The van der Waals surface area contributed by atoms with E-state index in [0.29, 0.717) is 18.6 Å². The smallest absolute Gasteiger partial charge is 0.261 e. The lowest BCUT2D eigenvalue weighted by Gasteiger charge is -2.36. The van der Waals surface area contributed by atoms with Gasteiger partial charge in [-0.3, -0.25) is 19.3 Å². The highest BCUT2D eigenvalue weighted by Gasteiger charge is 2.31. The Kier molecular flexibility index (Phi) is 12.3. The van der Waals surface area contributed by atoms with E-state index in [1.165, 1.54) is 17.0 Å². The molecule has 0 aliphatic carbocycles. The van der Waals surface area contributed by atoms with E-state index in [4.69, 9.17) is 9.47 Å². The number of hydrogen-bond acceptors (Lipinski definition) is 8. The van der Waals surface area contributed by atoms with Crippen LogP contribution in [0.3, 0.4) is 0 Å². The van der Waals surface area contributed by atoms with Gasteiger partial charge in [-0.1, -0.05) is 6.92 Å². The molecular weight excluding hydrogens is 627 g/mol. The Morgan fingerprint density at radius 3 is 2.51 bits per heavy atom. The van der Waals surface area contributed by atoms with Gasteiger partial charge in [0.1, 0.15) is 11.6 Å². The molecule has 13 heteroatoms. The van der Waals surface area contributed by atoms with E-state index in [1.54, 1.807) is 49.5 Å². The summed E-state index contributed by atoms with van der Waals surface area (Å²) in [6.07, 6.45) is 4.64. The van der Waals surface area contributed by atoms with Crippen LogP contribution in [0.25, 0.3) is 0 Å². The molecule has 2 N–H and O–H groups in total. The Morgan fingerprint density at radius 1 is 1.13 bits per heavy atom. The van der Waals surface area contributed by atoms with Gasteiger partial charge in [-0.05, 0) is 87.7 Å². The van der Waals surface area contributed by atoms with Gasteiger partial charge in [0.25, 0.3) is 21.8 Å². The zero-order valence-corrected chi connectivity index (χ0v) is 28.0. The van der Waals surface area contributed by atoms with E-state index in [2.05, 4.69) is 9.71 Å². The fourth-order valence-electron chi connectivity index (χ4n) is 5.34. The molecule has 1 aliphatic rings. The second-order valence-corrected chi connectivity index (χ2v) is 13.7. The van der Waals surface area contributed by atoms with Gasteiger partial charge in [0, 0.05) is 56.3 Å². The average molecular weight is 671 g/mol. The normalized spacial score (nSPS) is 20.3. The number of likely N-dealkylation sites (N-methyl/N-ethyl adjacent to an activating group) is 1. The van der Waals surface area contributed by atoms with Crippen LogP contribution in [-0.4, -0.2) is 91.7 Å². The SMILES string of the molecule is C[C@@H]1CCCCO[C@H](CN(C)C(=O)c2ccncc2)[C@H](C)CN([C@@H](C)CO)C(=O)c2cc(NS(=O)(=O)c3ccc(F)cc3)ccc2O1. The van der Waals surface area contributed by atoms with Crippen molar-refractivity contribution >= 4 is 27.5 Å². The van der Waals surface area contributed by atoms with Gasteiger partial charge in [-0.2, -0.15) is 0 Å². The average Bonchev–Trinajstić information content (AvgIpc) is 3.06. The van der Waals surface area contributed by atoms with Gasteiger partial charge in [-0.15, -0.1) is 0 Å². The number of ether oxygens (including phenoxy) is 2. The molecule has 1 aliphatic heterocycles. The highest BCUT2D eigenvalue weighted by atomic mass is 32.2. The van der Waals surface area contributed by atoms with Crippen molar-refractivity contribution in [1.82, 2.24) is 14.8 Å². The molecule has 4 rings (SSSR count). The Bertz CT molecular complexity index is 1610. The van der Waals surface area contributed by atoms with E-state index in [-0.39, 0.29) is 59.5 Å². The number of carbonyl (C=O) groups is 2. The summed E-state index contributed by atoms with van der Waals surface area (Å²) in [5, 5.41) is 10.2. The fraction of sp³-hybridized carbons (Fsp3) is 0.441. The lowest BCUT2D eigenvalue weighted by Crippen LogP contribution is -2.48. The van der Waals surface area contributed by atoms with Crippen LogP contribution < -0.4 is 9.46 Å². The number of benzene rings is 2. The van der Waals surface area contributed by atoms with Gasteiger partial charge in [0.2, 0.25) is 0 Å². The molecule has 3 aromatic rings. The van der Waals surface area contributed by atoms with Crippen LogP contribution in [0.5, 0.6) is 5.75 Å². The second-order valence-electron chi connectivity index (χ2n) is 12.0. The first-order valence-electron chi connectivity index (χ1n) is 15.7. The molecule has 0 saturated heterocycles. The lowest BCUT2D eigenvalue weighted by atomic mass is 10.0. The number of aliphatic hydroxyl groups is 1. The van der Waals surface area contributed by atoms with Crippen molar-refractivity contribution < 1.29 is 37.0 Å². The molecule has 2 aromatic carbocycles. The third-order valence-electron chi connectivity index (χ3n) is 8.16. The number of sulfonamides is 1. The molecule has 0 spiro atoms. The summed E-state index contributed by atoms with van der Waals surface area (Å²) in [4.78, 5) is 34.4. The lowest BCUT2D eigenvalue weighted by molar-refractivity contribution is -0.0149. The number of aliphatic hydroxyl groups excluding tert-OH is 1. The zero-order chi connectivity index (χ0) is 34.1. The van der Waals surface area contributed by atoms with E-state index in [0.717, 1.165) is 37.1 Å². The minimum absolute atomic E-state index is 0.112. The van der Waals surface area contributed by atoms with Crippen LogP contribution in [0, 0.1) is 11.7 Å². The van der Waals surface area contributed by atoms with E-state index in [9.17, 15) is 27.5 Å². The van der Waals surface area contributed by atoms with Crippen LogP contribution in [0.1, 0.15) is 60.7 Å². The molecular formula is C34H43FN4O7S. The maximum atomic E-state index is 14.3. The standard InChI is InChI=1S/C34H43FN4O7S/c1-23-20-39(24(2)22-40)34(42)30-19-28(37-47(43,44)29-11-8-27(35)9-12-29)10-13-31(30)46-25(3)7-5-6-18-45-32(23)21-38(4)33(41)26-14-16-36-17-15-26/h8-17,19,23-25,32,37,40H,5-7,18,20-22H2,1-4H3/t23-,24+,25-,32-/m1/s1. The number of rotatable bonds is 8. The van der Waals surface area contributed by atoms with Crippen LogP contribution in [0.15, 0.2) is 71.9 Å². The molecule has 0 radical (unpaired) electrons. The zero-order valence-electron chi connectivity index (χ0n) is 27.1. The molecule has 0 unspecified atom stereocenters. The summed E-state index contributed by atoms with van der Waals surface area (Å²) >= 11 is 0. The maximum Gasteiger partial charge on any atom is 0.261 e. The van der Waals surface area contributed by atoms with Crippen LogP contribution in [-0.2, 0) is 14.8 Å².